The van der Waals surface area contributed by atoms with Gasteiger partial charge in [-0.25, -0.2) is 0 Å². The van der Waals surface area contributed by atoms with Gasteiger partial charge in [0.1, 0.15) is 0 Å². The lowest BCUT2D eigenvalue weighted by molar-refractivity contribution is -0.211. The number of benzene rings is 3. The lowest BCUT2D eigenvalue weighted by atomic mass is 9.85. The standard InChI is InChI=1S/C29H26F3NS/c1-17(2)24-15-20(14-19-7-5-6-8-21(19)24)26-27-23(11-12-33-26)22-10-9-18(13-25(22)34-27)16-28(3,4)29(30,31)32/h5-15,17H,16H2,1-4H3. The molecular formula is C29H26F3NS. The molecule has 0 amide bonds. The summed E-state index contributed by atoms with van der Waals surface area (Å²) in [4.78, 5) is 4.76. The maximum Gasteiger partial charge on any atom is 0.394 e. The van der Waals surface area contributed by atoms with Crippen molar-refractivity contribution in [1.82, 2.24) is 4.98 Å². The minimum Gasteiger partial charge on any atom is -0.255 e. The molecule has 34 heavy (non-hydrogen) atoms. The van der Waals surface area contributed by atoms with E-state index in [-0.39, 0.29) is 6.42 Å². The van der Waals surface area contributed by atoms with E-state index in [1.807, 2.05) is 36.5 Å². The third-order valence-electron chi connectivity index (χ3n) is 6.66. The molecule has 5 rings (SSSR count). The summed E-state index contributed by atoms with van der Waals surface area (Å²) < 4.78 is 42.4. The minimum absolute atomic E-state index is 0.0474. The quantitative estimate of drug-likeness (QED) is 0.251. The number of hydrogen-bond acceptors (Lipinski definition) is 2. The van der Waals surface area contributed by atoms with E-state index in [0.717, 1.165) is 31.4 Å². The van der Waals surface area contributed by atoms with Gasteiger partial charge in [0.25, 0.3) is 0 Å². The Kier molecular flexibility index (Phi) is 5.44. The third-order valence-corrected chi connectivity index (χ3v) is 7.83. The molecule has 0 saturated carbocycles. The van der Waals surface area contributed by atoms with Gasteiger partial charge in [-0.05, 0) is 58.5 Å². The zero-order valence-corrected chi connectivity index (χ0v) is 20.4. The van der Waals surface area contributed by atoms with Crippen molar-refractivity contribution in [2.45, 2.75) is 46.2 Å². The molecule has 174 valence electrons. The van der Waals surface area contributed by atoms with E-state index < -0.39 is 11.6 Å². The Hall–Kier alpha value is -2.92. The first kappa shape index (κ1) is 22.9. The van der Waals surface area contributed by atoms with Crippen molar-refractivity contribution in [2.75, 3.05) is 0 Å². The maximum atomic E-state index is 13.4. The van der Waals surface area contributed by atoms with Crippen LogP contribution in [0.3, 0.4) is 0 Å². The van der Waals surface area contributed by atoms with Gasteiger partial charge >= 0.3 is 6.18 Å². The van der Waals surface area contributed by atoms with Gasteiger partial charge in [-0.1, -0.05) is 64.1 Å². The maximum absolute atomic E-state index is 13.4. The molecule has 2 aromatic heterocycles. The Morgan fingerprint density at radius 3 is 2.38 bits per heavy atom. The van der Waals surface area contributed by atoms with Crippen LogP contribution in [0.4, 0.5) is 13.2 Å². The summed E-state index contributed by atoms with van der Waals surface area (Å²) in [5, 5.41) is 4.58. The average molecular weight is 478 g/mol. The number of thiophene rings is 1. The smallest absolute Gasteiger partial charge is 0.255 e. The number of pyridine rings is 1. The van der Waals surface area contributed by atoms with Gasteiger partial charge < -0.3 is 0 Å². The molecular weight excluding hydrogens is 451 g/mol. The van der Waals surface area contributed by atoms with Gasteiger partial charge in [0.2, 0.25) is 0 Å². The Morgan fingerprint density at radius 1 is 0.882 bits per heavy atom. The average Bonchev–Trinajstić information content (AvgIpc) is 3.15. The summed E-state index contributed by atoms with van der Waals surface area (Å²) in [5.74, 6) is 0.367. The van der Waals surface area contributed by atoms with Crippen LogP contribution in [0.25, 0.3) is 42.2 Å². The SMILES string of the molecule is CC(C)c1cc(-c2nccc3c2sc2cc(CC(C)(C)C(F)(F)F)ccc23)cc2ccccc12. The van der Waals surface area contributed by atoms with Crippen LogP contribution in [-0.4, -0.2) is 11.2 Å². The number of nitrogens with zero attached hydrogens (tertiary/aromatic N) is 1. The topological polar surface area (TPSA) is 12.9 Å². The number of halogens is 3. The van der Waals surface area contributed by atoms with E-state index in [9.17, 15) is 13.2 Å². The predicted octanol–water partition coefficient (Wildman–Crippen LogP) is 9.52. The molecule has 5 aromatic rings. The van der Waals surface area contributed by atoms with Crippen molar-refractivity contribution < 1.29 is 13.2 Å². The normalized spacial score (nSPS) is 12.9. The second-order valence-corrected chi connectivity index (χ2v) is 11.0. The summed E-state index contributed by atoms with van der Waals surface area (Å²) in [6.07, 6.45) is -2.47. The first-order valence-electron chi connectivity index (χ1n) is 11.4. The molecule has 0 aliphatic rings. The molecule has 2 heterocycles. The van der Waals surface area contributed by atoms with Gasteiger partial charge in [0, 0.05) is 27.2 Å². The number of aromatic nitrogens is 1. The highest BCUT2D eigenvalue weighted by Crippen LogP contribution is 2.43. The number of hydrogen-bond donors (Lipinski definition) is 0. The number of rotatable bonds is 4. The van der Waals surface area contributed by atoms with E-state index in [1.165, 1.54) is 30.2 Å². The molecule has 0 fully saturated rings. The molecule has 0 aliphatic heterocycles. The van der Waals surface area contributed by atoms with Crippen molar-refractivity contribution in [3.8, 4) is 11.3 Å². The second-order valence-electron chi connectivity index (χ2n) is 9.97. The summed E-state index contributed by atoms with van der Waals surface area (Å²) in [7, 11) is 0. The van der Waals surface area contributed by atoms with Crippen LogP contribution >= 0.6 is 11.3 Å². The van der Waals surface area contributed by atoms with Crippen LogP contribution in [0.5, 0.6) is 0 Å². The van der Waals surface area contributed by atoms with Crippen LogP contribution in [0.15, 0.2) is 66.9 Å². The Bertz CT molecular complexity index is 1530. The van der Waals surface area contributed by atoms with E-state index >= 15 is 0 Å². The molecule has 0 atom stereocenters. The fraction of sp³-hybridized carbons (Fsp3) is 0.276. The van der Waals surface area contributed by atoms with Crippen molar-refractivity contribution in [3.63, 3.8) is 0 Å². The molecule has 0 N–H and O–H groups in total. The largest absolute Gasteiger partial charge is 0.394 e. The molecule has 1 nitrogen and oxygen atoms in total. The van der Waals surface area contributed by atoms with Gasteiger partial charge in [0.15, 0.2) is 0 Å². The molecule has 0 aliphatic carbocycles. The fourth-order valence-corrected chi connectivity index (χ4v) is 5.90. The highest BCUT2D eigenvalue weighted by atomic mass is 32.1. The van der Waals surface area contributed by atoms with Crippen LogP contribution in [0.2, 0.25) is 0 Å². The van der Waals surface area contributed by atoms with Crippen LogP contribution in [0, 0.1) is 5.41 Å². The van der Waals surface area contributed by atoms with Crippen molar-refractivity contribution in [1.29, 1.82) is 0 Å². The summed E-state index contributed by atoms with van der Waals surface area (Å²) in [5.41, 5.74) is 2.19. The third kappa shape index (κ3) is 3.86. The lowest BCUT2D eigenvalue weighted by Gasteiger charge is -2.27. The van der Waals surface area contributed by atoms with Gasteiger partial charge in [0.05, 0.1) is 15.8 Å². The lowest BCUT2D eigenvalue weighted by Crippen LogP contribution is -2.34. The zero-order chi connectivity index (χ0) is 24.3. The molecule has 0 bridgehead atoms. The highest BCUT2D eigenvalue weighted by molar-refractivity contribution is 7.26. The Morgan fingerprint density at radius 2 is 1.65 bits per heavy atom. The van der Waals surface area contributed by atoms with Crippen molar-refractivity contribution >= 4 is 42.3 Å². The molecule has 0 spiro atoms. The molecule has 0 unspecified atom stereocenters. The monoisotopic (exact) mass is 477 g/mol. The molecule has 3 aromatic carbocycles. The number of fused-ring (bicyclic) bond motifs is 4. The molecule has 5 heteroatoms. The predicted molar refractivity (Wildman–Crippen MR) is 138 cm³/mol. The van der Waals surface area contributed by atoms with Crippen molar-refractivity contribution in [3.05, 3.63) is 78.0 Å². The van der Waals surface area contributed by atoms with Crippen molar-refractivity contribution in [2.24, 2.45) is 5.41 Å². The molecule has 0 radical (unpaired) electrons. The second kappa shape index (κ2) is 8.09. The van der Waals surface area contributed by atoms with E-state index in [4.69, 9.17) is 4.98 Å². The fourth-order valence-electron chi connectivity index (χ4n) is 4.63. The van der Waals surface area contributed by atoms with Crippen LogP contribution in [0.1, 0.15) is 44.7 Å². The molecule has 0 saturated heterocycles. The van der Waals surface area contributed by atoms with Gasteiger partial charge in [-0.15, -0.1) is 11.3 Å². The number of alkyl halides is 3. The Labute approximate surface area is 201 Å². The Balaban J connectivity index is 1.67. The minimum atomic E-state index is -4.25. The first-order valence-corrected chi connectivity index (χ1v) is 12.3. The van der Waals surface area contributed by atoms with Gasteiger partial charge in [-0.2, -0.15) is 13.2 Å². The summed E-state index contributed by atoms with van der Waals surface area (Å²) in [6, 6.07) is 20.5. The van der Waals surface area contributed by atoms with Crippen LogP contribution in [-0.2, 0) is 6.42 Å². The zero-order valence-electron chi connectivity index (χ0n) is 19.6. The van der Waals surface area contributed by atoms with E-state index in [1.54, 1.807) is 11.3 Å². The van der Waals surface area contributed by atoms with E-state index in [2.05, 4.69) is 44.2 Å². The summed E-state index contributed by atoms with van der Waals surface area (Å²) >= 11 is 1.61. The van der Waals surface area contributed by atoms with Crippen LogP contribution < -0.4 is 0 Å². The summed E-state index contributed by atoms with van der Waals surface area (Å²) in [6.45, 7) is 6.91. The van der Waals surface area contributed by atoms with Gasteiger partial charge in [-0.3, -0.25) is 4.98 Å². The highest BCUT2D eigenvalue weighted by Gasteiger charge is 2.46. The first-order chi connectivity index (χ1) is 16.0. The van der Waals surface area contributed by atoms with E-state index in [0.29, 0.717) is 11.5 Å².